The Morgan fingerprint density at radius 1 is 1.45 bits per heavy atom. The number of hydrogen-bond donors (Lipinski definition) is 1. The predicted molar refractivity (Wildman–Crippen MR) is 70.6 cm³/mol. The Morgan fingerprint density at radius 3 is 2.75 bits per heavy atom. The maximum Gasteiger partial charge on any atom is 0.249 e. The number of aromatic nitrogens is 1. The van der Waals surface area contributed by atoms with E-state index in [4.69, 9.17) is 4.42 Å². The molecule has 1 atom stereocenters. The molecule has 6 heteroatoms. The van der Waals surface area contributed by atoms with Gasteiger partial charge in [0.15, 0.2) is 0 Å². The van der Waals surface area contributed by atoms with Crippen LogP contribution in [0.25, 0.3) is 0 Å². The summed E-state index contributed by atoms with van der Waals surface area (Å²) in [5, 5.41) is 2.93. The van der Waals surface area contributed by atoms with E-state index >= 15 is 0 Å². The molecule has 0 radical (unpaired) electrons. The summed E-state index contributed by atoms with van der Waals surface area (Å²) in [6.45, 7) is 3.80. The van der Waals surface area contributed by atoms with E-state index in [2.05, 4.69) is 10.3 Å². The lowest BCUT2D eigenvalue weighted by molar-refractivity contribution is -0.155. The first kappa shape index (κ1) is 13.1. The molecule has 2 amide bonds. The minimum Gasteiger partial charge on any atom is -0.444 e. The van der Waals surface area contributed by atoms with Crippen molar-refractivity contribution in [2.45, 2.75) is 57.7 Å². The summed E-state index contributed by atoms with van der Waals surface area (Å²) in [7, 11) is 0. The van der Waals surface area contributed by atoms with Crippen LogP contribution in [-0.2, 0) is 16.1 Å². The first-order chi connectivity index (χ1) is 9.52. The number of carbonyl (C=O) groups is 2. The van der Waals surface area contributed by atoms with Gasteiger partial charge in [0.05, 0.1) is 12.7 Å². The Morgan fingerprint density at radius 2 is 2.15 bits per heavy atom. The molecule has 1 spiro atoms. The summed E-state index contributed by atoms with van der Waals surface area (Å²) in [5.74, 6) is 1.09. The van der Waals surface area contributed by atoms with Gasteiger partial charge in [-0.15, -0.1) is 0 Å². The van der Waals surface area contributed by atoms with E-state index in [1.54, 1.807) is 18.0 Å². The Kier molecular flexibility index (Phi) is 3.03. The monoisotopic (exact) mass is 277 g/mol. The minimum atomic E-state index is -0.689. The van der Waals surface area contributed by atoms with E-state index in [-0.39, 0.29) is 18.4 Å². The van der Waals surface area contributed by atoms with Crippen molar-refractivity contribution < 1.29 is 14.0 Å². The summed E-state index contributed by atoms with van der Waals surface area (Å²) >= 11 is 0. The Bertz CT molecular complexity index is 546. The van der Waals surface area contributed by atoms with Gasteiger partial charge in [-0.2, -0.15) is 0 Å². The lowest BCUT2D eigenvalue weighted by Crippen LogP contribution is -2.68. The third kappa shape index (κ3) is 1.99. The number of aryl methyl sites for hydroxylation is 1. The van der Waals surface area contributed by atoms with E-state index in [0.717, 1.165) is 25.7 Å². The fourth-order valence-corrected chi connectivity index (χ4v) is 3.13. The largest absolute Gasteiger partial charge is 0.444 e. The van der Waals surface area contributed by atoms with Gasteiger partial charge in [-0.3, -0.25) is 9.59 Å². The summed E-state index contributed by atoms with van der Waals surface area (Å²) in [5.41, 5.74) is -0.689. The van der Waals surface area contributed by atoms with Gasteiger partial charge in [0.2, 0.25) is 17.7 Å². The second-order valence-electron chi connectivity index (χ2n) is 5.75. The van der Waals surface area contributed by atoms with Crippen LogP contribution < -0.4 is 5.32 Å². The molecule has 1 saturated carbocycles. The number of nitrogens with one attached hydrogen (secondary N) is 1. The van der Waals surface area contributed by atoms with Crippen LogP contribution in [-0.4, -0.2) is 33.3 Å². The zero-order valence-corrected chi connectivity index (χ0v) is 11.8. The highest BCUT2D eigenvalue weighted by atomic mass is 16.4. The molecule has 1 N–H and O–H groups in total. The number of rotatable bonds is 2. The highest BCUT2D eigenvalue weighted by molar-refractivity contribution is 5.99. The second-order valence-corrected chi connectivity index (χ2v) is 5.75. The molecular weight excluding hydrogens is 258 g/mol. The SMILES string of the molecule is Cc1cnc(CN2C(=O)C3(CCCC3)NC(=O)C2C)o1. The summed E-state index contributed by atoms with van der Waals surface area (Å²) in [6.07, 6.45) is 5.04. The van der Waals surface area contributed by atoms with E-state index in [9.17, 15) is 9.59 Å². The topological polar surface area (TPSA) is 75.4 Å². The zero-order valence-electron chi connectivity index (χ0n) is 11.8. The summed E-state index contributed by atoms with van der Waals surface area (Å²) in [6, 6.07) is -0.485. The fourth-order valence-electron chi connectivity index (χ4n) is 3.13. The number of nitrogens with zero attached hydrogens (tertiary/aromatic N) is 2. The number of oxazole rings is 1. The third-order valence-corrected chi connectivity index (χ3v) is 4.31. The van der Waals surface area contributed by atoms with E-state index in [1.165, 1.54) is 0 Å². The molecule has 1 aliphatic carbocycles. The lowest BCUT2D eigenvalue weighted by atomic mass is 9.91. The van der Waals surface area contributed by atoms with Crippen molar-refractivity contribution in [2.75, 3.05) is 0 Å². The molecule has 1 aromatic rings. The fraction of sp³-hybridized carbons (Fsp3) is 0.643. The normalized spacial score (nSPS) is 25.3. The smallest absolute Gasteiger partial charge is 0.249 e. The molecule has 108 valence electrons. The van der Waals surface area contributed by atoms with E-state index in [1.807, 2.05) is 6.92 Å². The maximum atomic E-state index is 12.8. The quantitative estimate of drug-likeness (QED) is 0.879. The molecule has 0 bridgehead atoms. The molecule has 3 rings (SSSR count). The molecule has 1 aromatic heterocycles. The molecule has 20 heavy (non-hydrogen) atoms. The standard InChI is InChI=1S/C14H19N3O3/c1-9-7-15-11(20-9)8-17-10(2)12(18)16-14(13(17)19)5-3-4-6-14/h7,10H,3-6,8H2,1-2H3,(H,16,18). The number of hydrogen-bond acceptors (Lipinski definition) is 4. The van der Waals surface area contributed by atoms with Crippen LogP contribution in [0.5, 0.6) is 0 Å². The van der Waals surface area contributed by atoms with Gasteiger partial charge in [-0.25, -0.2) is 4.98 Å². The molecule has 6 nitrogen and oxygen atoms in total. The minimum absolute atomic E-state index is 0.00190. The van der Waals surface area contributed by atoms with Crippen LogP contribution in [0.15, 0.2) is 10.6 Å². The van der Waals surface area contributed by atoms with Gasteiger partial charge in [0.25, 0.3) is 0 Å². The van der Waals surface area contributed by atoms with Crippen molar-refractivity contribution in [3.8, 4) is 0 Å². The molecule has 1 unspecified atom stereocenters. The second kappa shape index (κ2) is 4.61. The third-order valence-electron chi connectivity index (χ3n) is 4.31. The van der Waals surface area contributed by atoms with Crippen LogP contribution in [0.4, 0.5) is 0 Å². The van der Waals surface area contributed by atoms with E-state index in [0.29, 0.717) is 11.7 Å². The first-order valence-electron chi connectivity index (χ1n) is 7.06. The van der Waals surface area contributed by atoms with Gasteiger partial charge in [0, 0.05) is 0 Å². The van der Waals surface area contributed by atoms with Crippen LogP contribution in [0.2, 0.25) is 0 Å². The lowest BCUT2D eigenvalue weighted by Gasteiger charge is -2.42. The predicted octanol–water partition coefficient (Wildman–Crippen LogP) is 1.14. The van der Waals surface area contributed by atoms with Crippen molar-refractivity contribution in [3.63, 3.8) is 0 Å². The van der Waals surface area contributed by atoms with Gasteiger partial charge in [-0.05, 0) is 26.7 Å². The first-order valence-corrected chi connectivity index (χ1v) is 7.06. The highest BCUT2D eigenvalue weighted by Gasteiger charge is 2.51. The molecule has 2 fully saturated rings. The molecule has 1 aliphatic heterocycles. The van der Waals surface area contributed by atoms with Crippen molar-refractivity contribution in [2.24, 2.45) is 0 Å². The van der Waals surface area contributed by atoms with Crippen molar-refractivity contribution in [1.29, 1.82) is 0 Å². The van der Waals surface area contributed by atoms with Crippen molar-refractivity contribution >= 4 is 11.8 Å². The van der Waals surface area contributed by atoms with Crippen LogP contribution in [0.3, 0.4) is 0 Å². The van der Waals surface area contributed by atoms with Crippen LogP contribution in [0.1, 0.15) is 44.3 Å². The van der Waals surface area contributed by atoms with Crippen LogP contribution >= 0.6 is 0 Å². The van der Waals surface area contributed by atoms with Crippen molar-refractivity contribution in [1.82, 2.24) is 15.2 Å². The van der Waals surface area contributed by atoms with Gasteiger partial charge in [-0.1, -0.05) is 12.8 Å². The summed E-state index contributed by atoms with van der Waals surface area (Å²) < 4.78 is 5.43. The molecule has 2 heterocycles. The average molecular weight is 277 g/mol. The zero-order chi connectivity index (χ0) is 14.3. The highest BCUT2D eigenvalue weighted by Crippen LogP contribution is 2.35. The maximum absolute atomic E-state index is 12.8. The van der Waals surface area contributed by atoms with Gasteiger partial charge in [0.1, 0.15) is 17.3 Å². The van der Waals surface area contributed by atoms with Gasteiger partial charge >= 0.3 is 0 Å². The number of piperazine rings is 1. The van der Waals surface area contributed by atoms with E-state index < -0.39 is 11.6 Å². The molecular formula is C14H19N3O3. The Hall–Kier alpha value is -1.85. The van der Waals surface area contributed by atoms with Crippen LogP contribution in [0, 0.1) is 6.92 Å². The van der Waals surface area contributed by atoms with Gasteiger partial charge < -0.3 is 14.6 Å². The van der Waals surface area contributed by atoms with Crippen molar-refractivity contribution in [3.05, 3.63) is 17.8 Å². The number of carbonyl (C=O) groups excluding carboxylic acids is 2. The molecule has 2 aliphatic rings. The molecule has 0 aromatic carbocycles. The number of amides is 2. The molecule has 1 saturated heterocycles. The Balaban J connectivity index is 1.86. The average Bonchev–Trinajstić information content (AvgIpc) is 3.03. The Labute approximate surface area is 117 Å². The summed E-state index contributed by atoms with van der Waals surface area (Å²) in [4.78, 5) is 30.6.